The van der Waals surface area contributed by atoms with E-state index in [1.165, 1.54) is 12.2 Å². The van der Waals surface area contributed by atoms with Gasteiger partial charge in [-0.3, -0.25) is 9.59 Å². The van der Waals surface area contributed by atoms with E-state index < -0.39 is 34.6 Å². The summed E-state index contributed by atoms with van der Waals surface area (Å²) >= 11 is 7.24. The van der Waals surface area contributed by atoms with Crippen LogP contribution in [0.15, 0.2) is 23.8 Å². The minimum Gasteiger partial charge on any atom is -0.391 e. The van der Waals surface area contributed by atoms with E-state index in [1.54, 1.807) is 6.08 Å². The number of carbonyl (C=O) groups is 2. The number of Topliss-reactive ketones (excluding diaryl/α,β-unsaturated/α-hetero) is 1. The Morgan fingerprint density at radius 2 is 2.00 bits per heavy atom. The summed E-state index contributed by atoms with van der Waals surface area (Å²) in [5.74, 6) is -1.18. The Bertz CT molecular complexity index is 793. The van der Waals surface area contributed by atoms with Crippen LogP contribution in [0.5, 0.6) is 0 Å². The van der Waals surface area contributed by atoms with Gasteiger partial charge in [-0.2, -0.15) is 0 Å². The Kier molecular flexibility index (Phi) is 4.50. The molecule has 3 fully saturated rings. The van der Waals surface area contributed by atoms with Crippen LogP contribution in [-0.2, 0) is 9.59 Å². The van der Waals surface area contributed by atoms with E-state index in [-0.39, 0.29) is 41.7 Å². The van der Waals surface area contributed by atoms with Gasteiger partial charge in [-0.25, -0.2) is 4.39 Å². The van der Waals surface area contributed by atoms with Gasteiger partial charge in [0.25, 0.3) is 0 Å². The highest BCUT2D eigenvalue weighted by Crippen LogP contribution is 2.70. The number of carbonyl (C=O) groups excluding carboxylic acids is 2. The van der Waals surface area contributed by atoms with E-state index in [9.17, 15) is 19.8 Å². The third-order valence-corrected chi connectivity index (χ3v) is 9.40. The van der Waals surface area contributed by atoms with Crippen molar-refractivity contribution in [2.24, 2.45) is 34.5 Å². The van der Waals surface area contributed by atoms with Crippen LogP contribution in [0.3, 0.4) is 0 Å². The molecule has 4 aliphatic rings. The quantitative estimate of drug-likeness (QED) is 0.686. The minimum absolute atomic E-state index is 0.0344. The molecule has 0 saturated heterocycles. The average molecular weight is 411 g/mol. The summed E-state index contributed by atoms with van der Waals surface area (Å²) in [6, 6.07) is 0. The van der Waals surface area contributed by atoms with Crippen molar-refractivity contribution >= 4 is 23.2 Å². The van der Waals surface area contributed by atoms with Crippen LogP contribution in [-0.4, -0.2) is 45.5 Å². The summed E-state index contributed by atoms with van der Waals surface area (Å²) in [4.78, 5) is 23.3. The molecule has 0 heterocycles. The Morgan fingerprint density at radius 1 is 1.32 bits per heavy atom. The van der Waals surface area contributed by atoms with Crippen LogP contribution in [0, 0.1) is 34.5 Å². The highest BCUT2D eigenvalue weighted by Gasteiger charge is 2.71. The zero-order chi connectivity index (χ0) is 20.6. The number of hydrogen-bond donors (Lipinski definition) is 2. The summed E-state index contributed by atoms with van der Waals surface area (Å²) < 4.78 is 15.3. The molecule has 0 aromatic heterocycles. The normalized spacial score (nSPS) is 52.5. The van der Waals surface area contributed by atoms with Crippen LogP contribution in [0.4, 0.5) is 4.39 Å². The second kappa shape index (κ2) is 6.23. The molecule has 9 atom stereocenters. The maximum absolute atomic E-state index is 15.3. The molecular formula is C22H28ClFO4. The average Bonchev–Trinajstić information content (AvgIpc) is 2.89. The lowest BCUT2D eigenvalue weighted by Gasteiger charge is -2.63. The van der Waals surface area contributed by atoms with E-state index in [1.807, 2.05) is 20.8 Å². The molecule has 0 aliphatic heterocycles. The number of rotatable bonds is 2. The largest absolute Gasteiger partial charge is 0.391 e. The van der Waals surface area contributed by atoms with Gasteiger partial charge in [0.2, 0.25) is 0 Å². The summed E-state index contributed by atoms with van der Waals surface area (Å²) in [6.45, 7) is 5.27. The van der Waals surface area contributed by atoms with Crippen LogP contribution < -0.4 is 0 Å². The molecule has 0 spiro atoms. The van der Waals surface area contributed by atoms with Gasteiger partial charge in [-0.1, -0.05) is 26.8 Å². The zero-order valence-electron chi connectivity index (χ0n) is 16.5. The van der Waals surface area contributed by atoms with Crippen LogP contribution in [0.2, 0.25) is 0 Å². The molecule has 0 aromatic carbocycles. The van der Waals surface area contributed by atoms with Crippen molar-refractivity contribution in [1.29, 1.82) is 0 Å². The number of aliphatic hydroxyl groups is 2. The summed E-state index contributed by atoms with van der Waals surface area (Å²) in [7, 11) is 0. The maximum Gasteiger partial charge on any atom is 0.178 e. The van der Waals surface area contributed by atoms with E-state index >= 15 is 4.39 Å². The number of halogens is 2. The predicted molar refractivity (Wildman–Crippen MR) is 104 cm³/mol. The molecule has 0 bridgehead atoms. The topological polar surface area (TPSA) is 74.6 Å². The first-order valence-electron chi connectivity index (χ1n) is 10.1. The first kappa shape index (κ1) is 20.2. The molecule has 3 unspecified atom stereocenters. The molecule has 4 aliphatic carbocycles. The summed E-state index contributed by atoms with van der Waals surface area (Å²) in [6.07, 6.45) is 3.31. The van der Waals surface area contributed by atoms with Crippen molar-refractivity contribution in [3.8, 4) is 0 Å². The molecule has 2 N–H and O–H groups in total. The monoisotopic (exact) mass is 410 g/mol. The summed E-state index contributed by atoms with van der Waals surface area (Å²) in [5.41, 5.74) is -1.15. The van der Waals surface area contributed by atoms with Crippen LogP contribution in [0.1, 0.15) is 40.0 Å². The van der Waals surface area contributed by atoms with Gasteiger partial charge in [-0.15, -0.1) is 11.6 Å². The number of fused-ring (bicyclic) bond motifs is 5. The Labute approximate surface area is 169 Å². The first-order chi connectivity index (χ1) is 13.0. The van der Waals surface area contributed by atoms with Crippen LogP contribution in [0.25, 0.3) is 0 Å². The SMILES string of the molecule is C[C@@H]1CC2C3C[C@H](F)C4=CC(=O)C=C[C@]4(C)[C@@]3(Cl)[C@@H](O)C[C@]2(C)C1C(=O)CO. The van der Waals surface area contributed by atoms with Crippen molar-refractivity contribution in [3.63, 3.8) is 0 Å². The van der Waals surface area contributed by atoms with Gasteiger partial charge in [-0.05, 0) is 60.2 Å². The smallest absolute Gasteiger partial charge is 0.178 e. The van der Waals surface area contributed by atoms with Gasteiger partial charge in [0.15, 0.2) is 11.6 Å². The molecule has 0 radical (unpaired) electrons. The second-order valence-electron chi connectivity index (χ2n) is 9.76. The zero-order valence-corrected chi connectivity index (χ0v) is 17.2. The third-order valence-electron chi connectivity index (χ3n) is 8.47. The Morgan fingerprint density at radius 3 is 2.64 bits per heavy atom. The lowest BCUT2D eigenvalue weighted by atomic mass is 9.46. The molecule has 6 heteroatoms. The first-order valence-corrected chi connectivity index (χ1v) is 10.5. The maximum atomic E-state index is 15.3. The van der Waals surface area contributed by atoms with Gasteiger partial charge in [0.1, 0.15) is 12.8 Å². The standard InChI is InChI=1S/C22H28ClFO4/c1-11-6-13-14-8-16(24)15-7-12(26)4-5-21(15,3)22(14,23)18(28)9-20(13,2)19(11)17(27)10-25/h4-5,7,11,13-14,16,18-19,25,28H,6,8-10H2,1-3H3/t11-,13?,14?,16+,18+,19?,20+,21+,22+/m1/s1. The van der Waals surface area contributed by atoms with E-state index in [0.717, 1.165) is 0 Å². The molecule has 28 heavy (non-hydrogen) atoms. The fourth-order valence-electron chi connectivity index (χ4n) is 7.36. The summed E-state index contributed by atoms with van der Waals surface area (Å²) in [5, 5.41) is 20.8. The van der Waals surface area contributed by atoms with Crippen molar-refractivity contribution in [1.82, 2.24) is 0 Å². The molecule has 3 saturated carbocycles. The van der Waals surface area contributed by atoms with Gasteiger partial charge in [0, 0.05) is 11.3 Å². The second-order valence-corrected chi connectivity index (χ2v) is 10.4. The Hall–Kier alpha value is -1.04. The van der Waals surface area contributed by atoms with E-state index in [2.05, 4.69) is 0 Å². The Balaban J connectivity index is 1.84. The molecule has 4 rings (SSSR count). The number of hydrogen-bond acceptors (Lipinski definition) is 4. The fraction of sp³-hybridized carbons (Fsp3) is 0.727. The van der Waals surface area contributed by atoms with E-state index in [4.69, 9.17) is 11.6 Å². The van der Waals surface area contributed by atoms with Gasteiger partial charge < -0.3 is 10.2 Å². The third kappa shape index (κ3) is 2.30. The highest BCUT2D eigenvalue weighted by atomic mass is 35.5. The molecule has 0 aromatic rings. The lowest BCUT2D eigenvalue weighted by molar-refractivity contribution is -0.140. The minimum atomic E-state index is -1.31. The van der Waals surface area contributed by atoms with E-state index in [0.29, 0.717) is 18.4 Å². The fourth-order valence-corrected chi connectivity index (χ4v) is 7.85. The predicted octanol–water partition coefficient (Wildman–Crippen LogP) is 3.00. The van der Waals surface area contributed by atoms with Crippen molar-refractivity contribution in [2.45, 2.75) is 57.2 Å². The number of allylic oxidation sites excluding steroid dienone is 4. The lowest BCUT2D eigenvalue weighted by Crippen LogP contribution is -2.67. The van der Waals surface area contributed by atoms with Crippen molar-refractivity contribution in [3.05, 3.63) is 23.8 Å². The van der Waals surface area contributed by atoms with Gasteiger partial charge in [0.05, 0.1) is 11.0 Å². The number of alkyl halides is 2. The highest BCUT2D eigenvalue weighted by molar-refractivity contribution is 6.26. The molecule has 4 nitrogen and oxygen atoms in total. The number of ketones is 2. The molecule has 154 valence electrons. The van der Waals surface area contributed by atoms with Crippen molar-refractivity contribution < 1.29 is 24.2 Å². The number of aliphatic hydroxyl groups excluding tert-OH is 2. The van der Waals surface area contributed by atoms with Crippen molar-refractivity contribution in [2.75, 3.05) is 6.61 Å². The molecular weight excluding hydrogens is 383 g/mol. The van der Waals surface area contributed by atoms with Crippen LogP contribution >= 0.6 is 11.6 Å². The van der Waals surface area contributed by atoms with Gasteiger partial charge >= 0.3 is 0 Å². The molecule has 0 amide bonds.